The van der Waals surface area contributed by atoms with Crippen molar-refractivity contribution >= 4 is 11.7 Å². The van der Waals surface area contributed by atoms with E-state index < -0.39 is 0 Å². The number of carbonyl (C=O) groups is 1. The number of nitrogens with one attached hydrogen (secondary N) is 2. The molecule has 0 unspecified atom stereocenters. The Morgan fingerprint density at radius 2 is 2.08 bits per heavy atom. The van der Waals surface area contributed by atoms with Gasteiger partial charge in [-0.05, 0) is 31.4 Å². The smallest absolute Gasteiger partial charge is 0.322 e. The minimum atomic E-state index is -0.180. The van der Waals surface area contributed by atoms with Crippen molar-refractivity contribution in [1.29, 1.82) is 0 Å². The molecule has 1 saturated carbocycles. The Morgan fingerprint density at radius 3 is 2.80 bits per heavy atom. The van der Waals surface area contributed by atoms with Crippen molar-refractivity contribution in [2.24, 2.45) is 5.92 Å². The highest BCUT2D eigenvalue weighted by Crippen LogP contribution is 2.53. The zero-order valence-electron chi connectivity index (χ0n) is 14.4. The number of nitrogens with zero attached hydrogens (tertiary/aromatic N) is 1. The highest BCUT2D eigenvalue weighted by Gasteiger charge is 2.57. The number of pyridine rings is 1. The third-order valence-corrected chi connectivity index (χ3v) is 5.78. The van der Waals surface area contributed by atoms with Crippen molar-refractivity contribution in [3.63, 3.8) is 0 Å². The van der Waals surface area contributed by atoms with Crippen LogP contribution in [0.4, 0.5) is 10.5 Å². The van der Waals surface area contributed by atoms with Crippen LogP contribution in [0.2, 0.25) is 0 Å². The molecular weight excluding hydrogens is 314 g/mol. The van der Waals surface area contributed by atoms with Crippen LogP contribution in [0.25, 0.3) is 0 Å². The first-order chi connectivity index (χ1) is 12.1. The fourth-order valence-electron chi connectivity index (χ4n) is 4.48. The largest absolute Gasteiger partial charge is 0.327 e. The highest BCUT2D eigenvalue weighted by atomic mass is 16.2. The summed E-state index contributed by atoms with van der Waals surface area (Å²) < 4.78 is 0. The second-order valence-electron chi connectivity index (χ2n) is 7.17. The van der Waals surface area contributed by atoms with Gasteiger partial charge in [-0.3, -0.25) is 4.79 Å². The molecule has 0 bridgehead atoms. The summed E-state index contributed by atoms with van der Waals surface area (Å²) in [6.45, 7) is 2.53. The lowest BCUT2D eigenvalue weighted by Crippen LogP contribution is -2.68. The van der Waals surface area contributed by atoms with Gasteiger partial charge in [0.05, 0.1) is 11.2 Å². The second kappa shape index (κ2) is 6.06. The summed E-state index contributed by atoms with van der Waals surface area (Å²) in [7, 11) is 0. The lowest BCUT2D eigenvalue weighted by atomic mass is 9.62. The summed E-state index contributed by atoms with van der Waals surface area (Å²) in [5.41, 5.74) is 2.15. The molecule has 0 radical (unpaired) electrons. The van der Waals surface area contributed by atoms with Crippen LogP contribution in [0.1, 0.15) is 36.8 Å². The highest BCUT2D eigenvalue weighted by molar-refractivity contribution is 5.90. The molecule has 1 aliphatic heterocycles. The van der Waals surface area contributed by atoms with Crippen molar-refractivity contribution < 1.29 is 4.79 Å². The molecule has 1 saturated heterocycles. The van der Waals surface area contributed by atoms with Crippen molar-refractivity contribution in [3.05, 3.63) is 64.1 Å². The van der Waals surface area contributed by atoms with Crippen LogP contribution in [0.15, 0.2) is 47.4 Å². The maximum absolute atomic E-state index is 12.9. The van der Waals surface area contributed by atoms with Gasteiger partial charge >= 0.3 is 6.03 Å². The maximum atomic E-state index is 12.9. The SMILES string of the molecule is Cc1cc(NC(=O)N2C[C@@H]3CCCC[C@]32c2ccccc2)c[nH]c1=O. The van der Waals surface area contributed by atoms with Gasteiger partial charge in [0.2, 0.25) is 0 Å². The minimum Gasteiger partial charge on any atom is -0.327 e. The molecule has 25 heavy (non-hydrogen) atoms. The Morgan fingerprint density at radius 1 is 1.28 bits per heavy atom. The monoisotopic (exact) mass is 337 g/mol. The predicted octanol–water partition coefficient (Wildman–Crippen LogP) is 3.62. The first-order valence-corrected chi connectivity index (χ1v) is 8.95. The molecule has 2 aromatic rings. The number of hydrogen-bond donors (Lipinski definition) is 2. The summed E-state index contributed by atoms with van der Waals surface area (Å²) in [5, 5.41) is 2.96. The first kappa shape index (κ1) is 15.9. The van der Waals surface area contributed by atoms with Gasteiger partial charge in [-0.15, -0.1) is 0 Å². The van der Waals surface area contributed by atoms with E-state index in [-0.39, 0.29) is 17.1 Å². The molecule has 4 rings (SSSR count). The van der Waals surface area contributed by atoms with Gasteiger partial charge in [-0.2, -0.15) is 0 Å². The van der Waals surface area contributed by atoms with Gasteiger partial charge in [0, 0.05) is 24.2 Å². The third kappa shape index (κ3) is 2.54. The molecule has 1 aromatic heterocycles. The van der Waals surface area contributed by atoms with Crippen LogP contribution >= 0.6 is 0 Å². The number of urea groups is 1. The molecule has 2 aliphatic rings. The molecule has 2 N–H and O–H groups in total. The Hall–Kier alpha value is -2.56. The number of fused-ring (bicyclic) bond motifs is 1. The lowest BCUT2D eigenvalue weighted by Gasteiger charge is -2.61. The fraction of sp³-hybridized carbons (Fsp3) is 0.400. The molecule has 2 atom stereocenters. The van der Waals surface area contributed by atoms with Gasteiger partial charge in [-0.1, -0.05) is 43.2 Å². The average Bonchev–Trinajstić information content (AvgIpc) is 2.60. The van der Waals surface area contributed by atoms with E-state index in [0.29, 0.717) is 17.2 Å². The van der Waals surface area contributed by atoms with Crippen LogP contribution < -0.4 is 10.9 Å². The van der Waals surface area contributed by atoms with Gasteiger partial charge in [0.1, 0.15) is 0 Å². The van der Waals surface area contributed by atoms with Gasteiger partial charge < -0.3 is 15.2 Å². The standard InChI is InChI=1S/C20H23N3O2/c1-14-11-17(12-21-18(14)24)22-19(25)23-13-16-9-5-6-10-20(16,23)15-7-3-2-4-8-15/h2-4,7-8,11-12,16H,5-6,9-10,13H2,1H3,(H,21,24)(H,22,25)/t16-,20-/m0/s1. The molecule has 0 spiro atoms. The molecule has 5 heteroatoms. The summed E-state index contributed by atoms with van der Waals surface area (Å²) >= 11 is 0. The maximum Gasteiger partial charge on any atom is 0.322 e. The first-order valence-electron chi connectivity index (χ1n) is 8.95. The summed E-state index contributed by atoms with van der Waals surface area (Å²) in [4.78, 5) is 29.1. The van der Waals surface area contributed by atoms with E-state index in [1.165, 1.54) is 18.4 Å². The fourth-order valence-corrected chi connectivity index (χ4v) is 4.48. The van der Waals surface area contributed by atoms with E-state index in [4.69, 9.17) is 0 Å². The van der Waals surface area contributed by atoms with Crippen LogP contribution in [0.5, 0.6) is 0 Å². The Kier molecular flexibility index (Phi) is 3.86. The van der Waals surface area contributed by atoms with Crippen LogP contribution in [-0.2, 0) is 5.54 Å². The van der Waals surface area contributed by atoms with Crippen molar-refractivity contribution in [3.8, 4) is 0 Å². The lowest BCUT2D eigenvalue weighted by molar-refractivity contribution is -0.0756. The Bertz CT molecular complexity index is 846. The van der Waals surface area contributed by atoms with Gasteiger partial charge in [-0.25, -0.2) is 4.79 Å². The van der Waals surface area contributed by atoms with E-state index in [2.05, 4.69) is 34.6 Å². The number of likely N-dealkylation sites (tertiary alicyclic amines) is 1. The zero-order valence-corrected chi connectivity index (χ0v) is 14.4. The topological polar surface area (TPSA) is 65.2 Å². The Balaban J connectivity index is 1.61. The van der Waals surface area contributed by atoms with E-state index >= 15 is 0 Å². The molecule has 2 amide bonds. The molecule has 1 aliphatic carbocycles. The average molecular weight is 337 g/mol. The number of anilines is 1. The number of H-pyrrole nitrogens is 1. The van der Waals surface area contributed by atoms with E-state index in [0.717, 1.165) is 19.4 Å². The predicted molar refractivity (Wildman–Crippen MR) is 97.6 cm³/mol. The zero-order chi connectivity index (χ0) is 17.4. The molecule has 2 fully saturated rings. The van der Waals surface area contributed by atoms with E-state index in [1.54, 1.807) is 19.2 Å². The number of aryl methyl sites for hydroxylation is 1. The number of amides is 2. The van der Waals surface area contributed by atoms with Crippen molar-refractivity contribution in [2.75, 3.05) is 11.9 Å². The second-order valence-corrected chi connectivity index (χ2v) is 7.17. The summed E-state index contributed by atoms with van der Waals surface area (Å²) in [6, 6.07) is 12.0. The number of rotatable bonds is 2. The van der Waals surface area contributed by atoms with Crippen LogP contribution in [0, 0.1) is 12.8 Å². The number of carbonyl (C=O) groups excluding carboxylic acids is 1. The molecule has 2 heterocycles. The van der Waals surface area contributed by atoms with E-state index in [9.17, 15) is 9.59 Å². The number of aromatic amines is 1. The number of benzene rings is 1. The van der Waals surface area contributed by atoms with E-state index in [1.807, 2.05) is 11.0 Å². The summed E-state index contributed by atoms with van der Waals surface area (Å²) in [6.07, 6.45) is 6.14. The van der Waals surface area contributed by atoms with Gasteiger partial charge in [0.15, 0.2) is 0 Å². The number of hydrogen-bond acceptors (Lipinski definition) is 2. The summed E-state index contributed by atoms with van der Waals surface area (Å²) in [5.74, 6) is 0.534. The van der Waals surface area contributed by atoms with Gasteiger partial charge in [0.25, 0.3) is 5.56 Å². The molecule has 5 nitrogen and oxygen atoms in total. The third-order valence-electron chi connectivity index (χ3n) is 5.78. The number of aromatic nitrogens is 1. The molecule has 130 valence electrons. The normalized spacial score (nSPS) is 25.0. The quantitative estimate of drug-likeness (QED) is 0.879. The minimum absolute atomic E-state index is 0.0894. The molecular formula is C20H23N3O2. The van der Waals surface area contributed by atoms with Crippen LogP contribution in [0.3, 0.4) is 0 Å². The Labute approximate surface area is 147 Å². The van der Waals surface area contributed by atoms with Crippen LogP contribution in [-0.4, -0.2) is 22.5 Å². The molecule has 1 aromatic carbocycles. The van der Waals surface area contributed by atoms with Crippen molar-refractivity contribution in [2.45, 2.75) is 38.1 Å². The van der Waals surface area contributed by atoms with Crippen molar-refractivity contribution in [1.82, 2.24) is 9.88 Å².